The Bertz CT molecular complexity index is 550. The largest absolute Gasteiger partial charge is 0.481 e. The van der Waals surface area contributed by atoms with Crippen LogP contribution in [0.4, 0.5) is 4.79 Å². The molecule has 1 fully saturated rings. The number of amides is 2. The van der Waals surface area contributed by atoms with Crippen LogP contribution in [0.2, 0.25) is 0 Å². The third kappa shape index (κ3) is 5.86. The van der Waals surface area contributed by atoms with E-state index in [0.29, 0.717) is 13.0 Å². The van der Waals surface area contributed by atoms with Gasteiger partial charge in [-0.25, -0.2) is 4.79 Å². The molecule has 5 nitrogen and oxygen atoms in total. The molecule has 1 aromatic rings. The van der Waals surface area contributed by atoms with Crippen molar-refractivity contribution in [1.82, 2.24) is 10.2 Å². The summed E-state index contributed by atoms with van der Waals surface area (Å²) in [4.78, 5) is 24.8. The standard InChI is InChI=1S/C17H23BrN2O3/c18-14-6-3-5-13(11-14)12-15-7-1-2-10-20(15)17(23)19-9-4-8-16(21)22/h3,5-6,11,15H,1-2,4,7-10,12H2,(H,19,23)(H,21,22). The monoisotopic (exact) mass is 382 g/mol. The molecule has 1 aliphatic rings. The van der Waals surface area contributed by atoms with Crippen LogP contribution < -0.4 is 5.32 Å². The molecule has 2 N–H and O–H groups in total. The highest BCUT2D eigenvalue weighted by Crippen LogP contribution is 2.22. The van der Waals surface area contributed by atoms with E-state index in [1.807, 2.05) is 17.0 Å². The zero-order chi connectivity index (χ0) is 16.7. The Morgan fingerprint density at radius 1 is 1.35 bits per heavy atom. The number of halogens is 1. The van der Waals surface area contributed by atoms with Gasteiger partial charge in [0.15, 0.2) is 0 Å². The average molecular weight is 383 g/mol. The predicted molar refractivity (Wildman–Crippen MR) is 92.5 cm³/mol. The number of nitrogens with one attached hydrogen (secondary N) is 1. The van der Waals surface area contributed by atoms with Crippen LogP contribution in [-0.2, 0) is 11.2 Å². The summed E-state index contributed by atoms with van der Waals surface area (Å²) < 4.78 is 1.05. The summed E-state index contributed by atoms with van der Waals surface area (Å²) in [5.41, 5.74) is 1.22. The summed E-state index contributed by atoms with van der Waals surface area (Å²) in [5, 5.41) is 11.5. The highest BCUT2D eigenvalue weighted by atomic mass is 79.9. The minimum Gasteiger partial charge on any atom is -0.481 e. The van der Waals surface area contributed by atoms with Crippen LogP contribution in [-0.4, -0.2) is 41.1 Å². The van der Waals surface area contributed by atoms with Crippen LogP contribution in [0.5, 0.6) is 0 Å². The lowest BCUT2D eigenvalue weighted by Gasteiger charge is -2.36. The zero-order valence-electron chi connectivity index (χ0n) is 13.1. The summed E-state index contributed by atoms with van der Waals surface area (Å²) in [5.74, 6) is -0.829. The van der Waals surface area contributed by atoms with Gasteiger partial charge in [0.05, 0.1) is 0 Å². The Kier molecular flexibility index (Phi) is 6.89. The predicted octanol–water partition coefficient (Wildman–Crippen LogP) is 3.42. The highest BCUT2D eigenvalue weighted by molar-refractivity contribution is 9.10. The molecule has 0 radical (unpaired) electrons. The van der Waals surface area contributed by atoms with E-state index < -0.39 is 5.97 Å². The van der Waals surface area contributed by atoms with Gasteiger partial charge in [-0.1, -0.05) is 28.1 Å². The Hall–Kier alpha value is -1.56. The van der Waals surface area contributed by atoms with Gasteiger partial charge in [0.25, 0.3) is 0 Å². The van der Waals surface area contributed by atoms with Gasteiger partial charge in [-0.2, -0.15) is 0 Å². The van der Waals surface area contributed by atoms with Crippen molar-refractivity contribution < 1.29 is 14.7 Å². The van der Waals surface area contributed by atoms with E-state index in [0.717, 1.165) is 36.7 Å². The Morgan fingerprint density at radius 2 is 2.17 bits per heavy atom. The molecule has 1 saturated heterocycles. The molecule has 126 valence electrons. The van der Waals surface area contributed by atoms with E-state index in [1.165, 1.54) is 5.56 Å². The number of hydrogen-bond donors (Lipinski definition) is 2. The fraction of sp³-hybridized carbons (Fsp3) is 0.529. The molecule has 1 heterocycles. The molecular formula is C17H23BrN2O3. The van der Waals surface area contributed by atoms with Crippen molar-refractivity contribution in [2.75, 3.05) is 13.1 Å². The van der Waals surface area contributed by atoms with Crippen LogP contribution in [0.1, 0.15) is 37.7 Å². The second kappa shape index (κ2) is 8.91. The number of nitrogens with zero attached hydrogens (tertiary/aromatic N) is 1. The lowest BCUT2D eigenvalue weighted by atomic mass is 9.96. The van der Waals surface area contributed by atoms with Gasteiger partial charge < -0.3 is 15.3 Å². The number of urea groups is 1. The quantitative estimate of drug-likeness (QED) is 0.740. The molecule has 1 aliphatic heterocycles. The molecule has 0 saturated carbocycles. The molecule has 0 bridgehead atoms. The fourth-order valence-electron chi connectivity index (χ4n) is 2.95. The number of carbonyl (C=O) groups excluding carboxylic acids is 1. The Labute approximate surface area is 145 Å². The maximum atomic E-state index is 12.4. The molecule has 0 aliphatic carbocycles. The molecule has 2 rings (SSSR count). The van der Waals surface area contributed by atoms with Crippen LogP contribution in [0.3, 0.4) is 0 Å². The van der Waals surface area contributed by atoms with Crippen LogP contribution in [0, 0.1) is 0 Å². The molecule has 1 atom stereocenters. The highest BCUT2D eigenvalue weighted by Gasteiger charge is 2.26. The fourth-order valence-corrected chi connectivity index (χ4v) is 3.40. The molecule has 2 amide bonds. The SMILES string of the molecule is O=C(O)CCCNC(=O)N1CCCCC1Cc1cccc(Br)c1. The van der Waals surface area contributed by atoms with Gasteiger partial charge in [0.2, 0.25) is 0 Å². The first-order valence-electron chi connectivity index (χ1n) is 8.07. The lowest BCUT2D eigenvalue weighted by Crippen LogP contribution is -2.49. The van der Waals surface area contributed by atoms with Gasteiger partial charge in [0.1, 0.15) is 0 Å². The van der Waals surface area contributed by atoms with E-state index in [2.05, 4.69) is 33.4 Å². The topological polar surface area (TPSA) is 69.6 Å². The van der Waals surface area contributed by atoms with Crippen molar-refractivity contribution in [3.05, 3.63) is 34.3 Å². The van der Waals surface area contributed by atoms with Gasteiger partial charge in [-0.3, -0.25) is 4.79 Å². The summed E-state index contributed by atoms with van der Waals surface area (Å²) >= 11 is 3.48. The number of benzene rings is 1. The number of likely N-dealkylation sites (tertiary alicyclic amines) is 1. The van der Waals surface area contributed by atoms with Crippen LogP contribution >= 0.6 is 15.9 Å². The molecule has 1 unspecified atom stereocenters. The second-order valence-corrected chi connectivity index (χ2v) is 6.82. The first-order chi connectivity index (χ1) is 11.1. The van der Waals surface area contributed by atoms with Gasteiger partial charge in [-0.15, -0.1) is 0 Å². The van der Waals surface area contributed by atoms with Crippen molar-refractivity contribution in [3.63, 3.8) is 0 Å². The average Bonchev–Trinajstić information content (AvgIpc) is 2.52. The molecule has 0 spiro atoms. The van der Waals surface area contributed by atoms with Gasteiger partial charge in [0, 0.05) is 30.0 Å². The van der Waals surface area contributed by atoms with Crippen molar-refractivity contribution in [1.29, 1.82) is 0 Å². The first kappa shape index (κ1) is 17.8. The third-order valence-electron chi connectivity index (χ3n) is 4.09. The van der Waals surface area contributed by atoms with Crippen molar-refractivity contribution in [2.45, 2.75) is 44.6 Å². The number of hydrogen-bond acceptors (Lipinski definition) is 2. The van der Waals surface area contributed by atoms with E-state index in [9.17, 15) is 9.59 Å². The van der Waals surface area contributed by atoms with E-state index in [-0.39, 0.29) is 18.5 Å². The number of carbonyl (C=O) groups is 2. The minimum atomic E-state index is -0.829. The van der Waals surface area contributed by atoms with Crippen molar-refractivity contribution in [3.8, 4) is 0 Å². The number of piperidine rings is 1. The number of carboxylic acid groups (broad SMARTS) is 1. The normalized spacial score (nSPS) is 17.8. The molecule has 6 heteroatoms. The first-order valence-corrected chi connectivity index (χ1v) is 8.86. The summed E-state index contributed by atoms with van der Waals surface area (Å²) in [6, 6.07) is 8.32. The third-order valence-corrected chi connectivity index (χ3v) is 4.59. The smallest absolute Gasteiger partial charge is 0.317 e. The van der Waals surface area contributed by atoms with Crippen molar-refractivity contribution >= 4 is 27.9 Å². The van der Waals surface area contributed by atoms with Gasteiger partial charge >= 0.3 is 12.0 Å². The Morgan fingerprint density at radius 3 is 2.91 bits per heavy atom. The maximum absolute atomic E-state index is 12.4. The lowest BCUT2D eigenvalue weighted by molar-refractivity contribution is -0.137. The molecular weight excluding hydrogens is 360 g/mol. The number of aliphatic carboxylic acids is 1. The van der Waals surface area contributed by atoms with E-state index in [4.69, 9.17) is 5.11 Å². The van der Waals surface area contributed by atoms with Gasteiger partial charge in [-0.05, 0) is 49.8 Å². The number of carboxylic acids is 1. The van der Waals surface area contributed by atoms with Crippen molar-refractivity contribution in [2.24, 2.45) is 0 Å². The summed E-state index contributed by atoms with van der Waals surface area (Å²) in [6.45, 7) is 1.18. The summed E-state index contributed by atoms with van der Waals surface area (Å²) in [6.07, 6.45) is 4.57. The van der Waals surface area contributed by atoms with Crippen LogP contribution in [0.15, 0.2) is 28.7 Å². The summed E-state index contributed by atoms with van der Waals surface area (Å²) in [7, 11) is 0. The molecule has 0 aromatic heterocycles. The minimum absolute atomic E-state index is 0.0740. The molecule has 1 aromatic carbocycles. The van der Waals surface area contributed by atoms with Crippen LogP contribution in [0.25, 0.3) is 0 Å². The van der Waals surface area contributed by atoms with E-state index >= 15 is 0 Å². The zero-order valence-corrected chi connectivity index (χ0v) is 14.7. The van der Waals surface area contributed by atoms with E-state index in [1.54, 1.807) is 0 Å². The number of rotatable bonds is 6. The maximum Gasteiger partial charge on any atom is 0.317 e. The molecule has 23 heavy (non-hydrogen) atoms. The Balaban J connectivity index is 1.89. The second-order valence-electron chi connectivity index (χ2n) is 5.91.